The topological polar surface area (TPSA) is 20.3 Å². The van der Waals surface area contributed by atoms with Crippen LogP contribution >= 0.6 is 22.9 Å². The van der Waals surface area contributed by atoms with Crippen molar-refractivity contribution < 1.29 is 4.79 Å². The van der Waals surface area contributed by atoms with Gasteiger partial charge in [-0.25, -0.2) is 0 Å². The molecule has 2 heterocycles. The molecule has 0 N–H and O–H groups in total. The van der Waals surface area contributed by atoms with Gasteiger partial charge < -0.3 is 0 Å². The number of halogens is 1. The first-order valence-electron chi connectivity index (χ1n) is 6.15. The third-order valence-corrected chi connectivity index (χ3v) is 4.79. The van der Waals surface area contributed by atoms with E-state index < -0.39 is 0 Å². The maximum atomic E-state index is 12.3. The molecule has 1 aromatic heterocycles. The lowest BCUT2D eigenvalue weighted by molar-refractivity contribution is 0.0705. The highest BCUT2D eigenvalue weighted by atomic mass is 35.5. The van der Waals surface area contributed by atoms with Crippen LogP contribution in [0.5, 0.6) is 0 Å². The van der Waals surface area contributed by atoms with Gasteiger partial charge in [0.1, 0.15) is 0 Å². The minimum Gasteiger partial charge on any atom is -0.291 e. The van der Waals surface area contributed by atoms with Crippen LogP contribution in [0.3, 0.4) is 0 Å². The van der Waals surface area contributed by atoms with Gasteiger partial charge in [0.25, 0.3) is 0 Å². The van der Waals surface area contributed by atoms with Crippen LogP contribution in [0.4, 0.5) is 0 Å². The number of thiophene rings is 1. The van der Waals surface area contributed by atoms with Gasteiger partial charge in [-0.05, 0) is 45.4 Å². The lowest BCUT2D eigenvalue weighted by Gasteiger charge is -2.37. The molecule has 1 aliphatic heterocycles. The molecule has 1 aliphatic rings. The highest BCUT2D eigenvalue weighted by Gasteiger charge is 2.28. The summed E-state index contributed by atoms with van der Waals surface area (Å²) in [7, 11) is 0. The van der Waals surface area contributed by atoms with E-state index in [9.17, 15) is 4.79 Å². The molecule has 0 aromatic carbocycles. The molecule has 0 amide bonds. The van der Waals surface area contributed by atoms with Gasteiger partial charge >= 0.3 is 0 Å². The van der Waals surface area contributed by atoms with E-state index in [1.807, 2.05) is 13.0 Å². The molecule has 4 heteroatoms. The molecule has 0 bridgehead atoms. The Labute approximate surface area is 112 Å². The Hall–Kier alpha value is -0.380. The molecule has 1 fully saturated rings. The summed E-state index contributed by atoms with van der Waals surface area (Å²) < 4.78 is 0.687. The molecule has 1 saturated heterocycles. The molecule has 2 atom stereocenters. The SMILES string of the molecule is CC1CCCCN1C(C)C(=O)c1ccc(Cl)s1. The number of likely N-dealkylation sites (tertiary alicyclic amines) is 1. The Bertz CT molecular complexity index is 404. The Morgan fingerprint density at radius 1 is 1.53 bits per heavy atom. The van der Waals surface area contributed by atoms with Gasteiger partial charge in [0.15, 0.2) is 5.78 Å². The Morgan fingerprint density at radius 2 is 2.29 bits per heavy atom. The van der Waals surface area contributed by atoms with E-state index in [0.29, 0.717) is 10.4 Å². The largest absolute Gasteiger partial charge is 0.291 e. The summed E-state index contributed by atoms with van der Waals surface area (Å²) >= 11 is 7.25. The van der Waals surface area contributed by atoms with Crippen molar-refractivity contribution in [1.82, 2.24) is 4.90 Å². The van der Waals surface area contributed by atoms with Crippen molar-refractivity contribution >= 4 is 28.7 Å². The number of rotatable bonds is 3. The number of nitrogens with zero attached hydrogens (tertiary/aromatic N) is 1. The van der Waals surface area contributed by atoms with Crippen molar-refractivity contribution in [3.05, 3.63) is 21.3 Å². The van der Waals surface area contributed by atoms with Crippen molar-refractivity contribution in [3.8, 4) is 0 Å². The van der Waals surface area contributed by atoms with Crippen LogP contribution in [0.2, 0.25) is 4.34 Å². The van der Waals surface area contributed by atoms with Gasteiger partial charge in [0.2, 0.25) is 0 Å². The average molecular weight is 272 g/mol. The number of Topliss-reactive ketones (excluding diaryl/α,β-unsaturated/α-hetero) is 1. The second kappa shape index (κ2) is 5.51. The van der Waals surface area contributed by atoms with Gasteiger partial charge in [0, 0.05) is 6.04 Å². The van der Waals surface area contributed by atoms with Gasteiger partial charge in [-0.2, -0.15) is 0 Å². The maximum Gasteiger partial charge on any atom is 0.189 e. The van der Waals surface area contributed by atoms with E-state index in [-0.39, 0.29) is 11.8 Å². The van der Waals surface area contributed by atoms with Gasteiger partial charge in [-0.3, -0.25) is 9.69 Å². The summed E-state index contributed by atoms with van der Waals surface area (Å²) in [6, 6.07) is 4.12. The van der Waals surface area contributed by atoms with Gasteiger partial charge in [0.05, 0.1) is 15.3 Å². The number of ketones is 1. The number of hydrogen-bond acceptors (Lipinski definition) is 3. The Kier molecular flexibility index (Phi) is 4.23. The zero-order valence-corrected chi connectivity index (χ0v) is 11.9. The van der Waals surface area contributed by atoms with E-state index in [4.69, 9.17) is 11.6 Å². The van der Waals surface area contributed by atoms with E-state index >= 15 is 0 Å². The number of carbonyl (C=O) groups excluding carboxylic acids is 1. The summed E-state index contributed by atoms with van der Waals surface area (Å²) in [6.45, 7) is 5.26. The van der Waals surface area contributed by atoms with E-state index in [0.717, 1.165) is 11.4 Å². The number of carbonyl (C=O) groups is 1. The fraction of sp³-hybridized carbons (Fsp3) is 0.615. The minimum atomic E-state index is -0.0278. The van der Waals surface area contributed by atoms with Crippen LogP contribution in [-0.2, 0) is 0 Å². The van der Waals surface area contributed by atoms with Crippen LogP contribution < -0.4 is 0 Å². The maximum absolute atomic E-state index is 12.3. The first-order chi connectivity index (χ1) is 8.09. The van der Waals surface area contributed by atoms with Crippen molar-refractivity contribution in [1.29, 1.82) is 0 Å². The van der Waals surface area contributed by atoms with Crippen LogP contribution in [0, 0.1) is 0 Å². The van der Waals surface area contributed by atoms with Crippen LogP contribution in [0.25, 0.3) is 0 Å². The molecule has 94 valence electrons. The van der Waals surface area contributed by atoms with Crippen molar-refractivity contribution in [2.75, 3.05) is 6.54 Å². The summed E-state index contributed by atoms with van der Waals surface area (Å²) in [4.78, 5) is 15.4. The number of piperidine rings is 1. The second-order valence-corrected chi connectivity index (χ2v) is 6.44. The molecule has 0 saturated carbocycles. The van der Waals surface area contributed by atoms with Crippen LogP contribution in [-0.4, -0.2) is 29.3 Å². The first-order valence-corrected chi connectivity index (χ1v) is 7.34. The lowest BCUT2D eigenvalue weighted by atomic mass is 10.00. The van der Waals surface area contributed by atoms with Crippen molar-refractivity contribution in [2.24, 2.45) is 0 Å². The zero-order valence-electron chi connectivity index (χ0n) is 10.3. The van der Waals surface area contributed by atoms with Crippen LogP contribution in [0.15, 0.2) is 12.1 Å². The van der Waals surface area contributed by atoms with Gasteiger partial charge in [-0.15, -0.1) is 11.3 Å². The van der Waals surface area contributed by atoms with Crippen molar-refractivity contribution in [3.63, 3.8) is 0 Å². The molecule has 17 heavy (non-hydrogen) atoms. The summed E-state index contributed by atoms with van der Waals surface area (Å²) in [5.41, 5.74) is 0. The summed E-state index contributed by atoms with van der Waals surface area (Å²) in [6.07, 6.45) is 3.68. The van der Waals surface area contributed by atoms with Crippen molar-refractivity contribution in [2.45, 2.75) is 45.2 Å². The highest BCUT2D eigenvalue weighted by molar-refractivity contribution is 7.18. The smallest absolute Gasteiger partial charge is 0.189 e. The predicted octanol–water partition coefficient (Wildman–Crippen LogP) is 3.85. The van der Waals surface area contributed by atoms with Crippen LogP contribution in [0.1, 0.15) is 42.8 Å². The lowest BCUT2D eigenvalue weighted by Crippen LogP contribution is -2.47. The zero-order chi connectivity index (χ0) is 12.4. The van der Waals surface area contributed by atoms with E-state index in [2.05, 4.69) is 11.8 Å². The van der Waals surface area contributed by atoms with E-state index in [1.165, 1.54) is 30.6 Å². The minimum absolute atomic E-state index is 0.0278. The molecule has 0 aliphatic carbocycles. The quantitative estimate of drug-likeness (QED) is 0.779. The molecule has 2 unspecified atom stereocenters. The van der Waals surface area contributed by atoms with E-state index in [1.54, 1.807) is 6.07 Å². The Balaban J connectivity index is 2.08. The molecule has 1 aromatic rings. The second-order valence-electron chi connectivity index (χ2n) is 4.73. The standard InChI is InChI=1S/C13H18ClNOS/c1-9-5-3-4-8-15(9)10(2)13(16)11-6-7-12(14)17-11/h6-7,9-10H,3-5,8H2,1-2H3. The highest BCUT2D eigenvalue weighted by Crippen LogP contribution is 2.26. The fourth-order valence-corrected chi connectivity index (χ4v) is 3.56. The molecular formula is C13H18ClNOS. The fourth-order valence-electron chi connectivity index (χ4n) is 2.50. The predicted molar refractivity (Wildman–Crippen MR) is 73.1 cm³/mol. The number of hydrogen-bond donors (Lipinski definition) is 0. The average Bonchev–Trinajstić information content (AvgIpc) is 2.75. The molecule has 2 rings (SSSR count). The Morgan fingerprint density at radius 3 is 2.88 bits per heavy atom. The summed E-state index contributed by atoms with van der Waals surface area (Å²) in [5, 5.41) is 0. The third-order valence-electron chi connectivity index (χ3n) is 3.55. The molecule has 0 radical (unpaired) electrons. The third kappa shape index (κ3) is 2.90. The molecule has 2 nitrogen and oxygen atoms in total. The summed E-state index contributed by atoms with van der Waals surface area (Å²) in [5.74, 6) is 0.204. The molecular weight excluding hydrogens is 254 g/mol. The normalized spacial score (nSPS) is 23.6. The monoisotopic (exact) mass is 271 g/mol. The first kappa shape index (κ1) is 13.1. The van der Waals surface area contributed by atoms with Gasteiger partial charge in [-0.1, -0.05) is 18.0 Å². The molecule has 0 spiro atoms.